The van der Waals surface area contributed by atoms with Crippen molar-refractivity contribution in [1.82, 2.24) is 20.5 Å². The summed E-state index contributed by atoms with van der Waals surface area (Å²) >= 11 is 5.01. The van der Waals surface area contributed by atoms with Gasteiger partial charge in [-0.1, -0.05) is 12.2 Å². The Morgan fingerprint density at radius 3 is 2.36 bits per heavy atom. The standard InChI is InChI=1S/C16H22N4O3S2/c1-12(2)11-17-16(24)19-18-15(21)13-5-7-14(8-6-13)25(22,23)20-9-3-4-10-20/h5-8H,1,3-4,9-11H2,2H3,(H,18,21)(H2,17,19,24). The highest BCUT2D eigenvalue weighted by Crippen LogP contribution is 2.20. The van der Waals surface area contributed by atoms with Gasteiger partial charge in [-0.25, -0.2) is 8.42 Å². The molecule has 0 saturated carbocycles. The highest BCUT2D eigenvalue weighted by atomic mass is 32.2. The Bertz CT molecular complexity index is 754. The molecule has 0 aliphatic carbocycles. The zero-order valence-corrected chi connectivity index (χ0v) is 15.7. The zero-order valence-electron chi connectivity index (χ0n) is 14.0. The van der Waals surface area contributed by atoms with Crippen molar-refractivity contribution < 1.29 is 13.2 Å². The van der Waals surface area contributed by atoms with Crippen LogP contribution in [0.15, 0.2) is 41.3 Å². The Morgan fingerprint density at radius 2 is 1.80 bits per heavy atom. The lowest BCUT2D eigenvalue weighted by Crippen LogP contribution is -2.47. The molecule has 1 aliphatic heterocycles. The molecule has 0 spiro atoms. The summed E-state index contributed by atoms with van der Waals surface area (Å²) in [5, 5.41) is 3.14. The van der Waals surface area contributed by atoms with E-state index in [-0.39, 0.29) is 10.0 Å². The SMILES string of the molecule is C=C(C)CNC(=S)NNC(=O)c1ccc(S(=O)(=O)N2CCCC2)cc1. The molecule has 0 radical (unpaired) electrons. The average molecular weight is 383 g/mol. The predicted octanol–water partition coefficient (Wildman–Crippen LogP) is 1.16. The lowest BCUT2D eigenvalue weighted by atomic mass is 10.2. The molecule has 1 saturated heterocycles. The van der Waals surface area contributed by atoms with Crippen LogP contribution in [-0.4, -0.2) is 43.4 Å². The van der Waals surface area contributed by atoms with Gasteiger partial charge in [0.25, 0.3) is 5.91 Å². The highest BCUT2D eigenvalue weighted by Gasteiger charge is 2.27. The first-order chi connectivity index (χ1) is 11.8. The van der Waals surface area contributed by atoms with Crippen LogP contribution in [0.4, 0.5) is 0 Å². The molecular weight excluding hydrogens is 360 g/mol. The Balaban J connectivity index is 1.94. The minimum atomic E-state index is -3.48. The molecule has 1 amide bonds. The van der Waals surface area contributed by atoms with Gasteiger partial charge in [-0.15, -0.1) is 0 Å². The maximum atomic E-state index is 12.4. The number of hydrogen-bond donors (Lipinski definition) is 3. The van der Waals surface area contributed by atoms with Crippen LogP contribution < -0.4 is 16.2 Å². The Hall–Kier alpha value is -1.97. The van der Waals surface area contributed by atoms with E-state index in [1.807, 2.05) is 6.92 Å². The van der Waals surface area contributed by atoms with Crippen molar-refractivity contribution in [3.05, 3.63) is 42.0 Å². The second kappa shape index (κ2) is 8.41. The van der Waals surface area contributed by atoms with Gasteiger partial charge in [-0.05, 0) is 56.2 Å². The molecule has 1 heterocycles. The van der Waals surface area contributed by atoms with Crippen LogP contribution in [0.3, 0.4) is 0 Å². The molecule has 1 aromatic rings. The van der Waals surface area contributed by atoms with Crippen molar-refractivity contribution in [2.75, 3.05) is 19.6 Å². The number of sulfonamides is 1. The third-order valence-corrected chi connectivity index (χ3v) is 5.82. The fourth-order valence-corrected chi connectivity index (χ4v) is 3.96. The topological polar surface area (TPSA) is 90.5 Å². The van der Waals surface area contributed by atoms with Crippen molar-refractivity contribution in [2.45, 2.75) is 24.7 Å². The molecule has 25 heavy (non-hydrogen) atoms. The van der Waals surface area contributed by atoms with E-state index in [0.717, 1.165) is 18.4 Å². The summed E-state index contributed by atoms with van der Waals surface area (Å²) in [4.78, 5) is 12.3. The molecule has 1 aromatic carbocycles. The van der Waals surface area contributed by atoms with Gasteiger partial charge in [0, 0.05) is 25.2 Å². The van der Waals surface area contributed by atoms with Gasteiger partial charge in [0.05, 0.1) is 4.90 Å². The van der Waals surface area contributed by atoms with Crippen molar-refractivity contribution in [1.29, 1.82) is 0 Å². The van der Waals surface area contributed by atoms with Gasteiger partial charge in [0.1, 0.15) is 0 Å². The van der Waals surface area contributed by atoms with Crippen molar-refractivity contribution in [2.24, 2.45) is 0 Å². The maximum absolute atomic E-state index is 12.4. The Morgan fingerprint density at radius 1 is 1.20 bits per heavy atom. The van der Waals surface area contributed by atoms with E-state index in [1.54, 1.807) is 0 Å². The number of rotatable bonds is 5. The van der Waals surface area contributed by atoms with Crippen LogP contribution in [0.5, 0.6) is 0 Å². The van der Waals surface area contributed by atoms with E-state index in [4.69, 9.17) is 12.2 Å². The highest BCUT2D eigenvalue weighted by molar-refractivity contribution is 7.89. The first-order valence-electron chi connectivity index (χ1n) is 7.89. The van der Waals surface area contributed by atoms with Crippen molar-refractivity contribution in [3.8, 4) is 0 Å². The quantitative estimate of drug-likeness (QED) is 0.402. The summed E-state index contributed by atoms with van der Waals surface area (Å²) < 4.78 is 26.3. The number of benzene rings is 1. The first kappa shape index (κ1) is 19.4. The third kappa shape index (κ3) is 5.25. The summed E-state index contributed by atoms with van der Waals surface area (Å²) in [6.07, 6.45) is 1.76. The van der Waals surface area contributed by atoms with Crippen LogP contribution in [0, 0.1) is 0 Å². The van der Waals surface area contributed by atoms with Gasteiger partial charge in [0.15, 0.2) is 5.11 Å². The van der Waals surface area contributed by atoms with Gasteiger partial charge < -0.3 is 5.32 Å². The van der Waals surface area contributed by atoms with Crippen LogP contribution in [0.1, 0.15) is 30.1 Å². The third-order valence-electron chi connectivity index (χ3n) is 3.66. The molecule has 0 unspecified atom stereocenters. The summed E-state index contributed by atoms with van der Waals surface area (Å²) in [5.74, 6) is -0.412. The van der Waals surface area contributed by atoms with Crippen LogP contribution in [-0.2, 0) is 10.0 Å². The number of carbonyl (C=O) groups excluding carboxylic acids is 1. The number of hydrazine groups is 1. The van der Waals surface area contributed by atoms with Crippen LogP contribution >= 0.6 is 12.2 Å². The average Bonchev–Trinajstić information content (AvgIpc) is 3.13. The molecule has 3 N–H and O–H groups in total. The fraction of sp³-hybridized carbons (Fsp3) is 0.375. The van der Waals surface area contributed by atoms with Gasteiger partial charge >= 0.3 is 0 Å². The van der Waals surface area contributed by atoms with E-state index in [1.165, 1.54) is 28.6 Å². The minimum Gasteiger partial charge on any atom is -0.358 e. The van der Waals surface area contributed by atoms with E-state index >= 15 is 0 Å². The molecule has 0 aromatic heterocycles. The van der Waals surface area contributed by atoms with Crippen LogP contribution in [0.25, 0.3) is 0 Å². The van der Waals surface area contributed by atoms with Gasteiger partial charge in [-0.2, -0.15) is 4.31 Å². The number of carbonyl (C=O) groups is 1. The molecule has 7 nitrogen and oxygen atoms in total. The summed E-state index contributed by atoms with van der Waals surface area (Å²) in [7, 11) is -3.48. The smallest absolute Gasteiger partial charge is 0.269 e. The molecule has 9 heteroatoms. The predicted molar refractivity (Wildman–Crippen MR) is 100 cm³/mol. The lowest BCUT2D eigenvalue weighted by molar-refractivity contribution is 0.0943. The zero-order chi connectivity index (χ0) is 18.4. The fourth-order valence-electron chi connectivity index (χ4n) is 2.32. The molecule has 1 aliphatic rings. The number of nitrogens with zero attached hydrogens (tertiary/aromatic N) is 1. The monoisotopic (exact) mass is 382 g/mol. The van der Waals surface area contributed by atoms with Crippen molar-refractivity contribution in [3.63, 3.8) is 0 Å². The summed E-state index contributed by atoms with van der Waals surface area (Å²) in [5.41, 5.74) is 6.27. The number of hydrogen-bond acceptors (Lipinski definition) is 4. The van der Waals surface area contributed by atoms with Gasteiger partial charge in [-0.3, -0.25) is 15.6 Å². The molecule has 0 bridgehead atoms. The van der Waals surface area contributed by atoms with E-state index < -0.39 is 15.9 Å². The second-order valence-corrected chi connectivity index (χ2v) is 8.20. The van der Waals surface area contributed by atoms with E-state index in [2.05, 4.69) is 22.7 Å². The lowest BCUT2D eigenvalue weighted by Gasteiger charge is -2.15. The number of amides is 1. The van der Waals surface area contributed by atoms with E-state index in [9.17, 15) is 13.2 Å². The van der Waals surface area contributed by atoms with Crippen LogP contribution in [0.2, 0.25) is 0 Å². The normalized spacial score (nSPS) is 14.8. The first-order valence-corrected chi connectivity index (χ1v) is 9.74. The molecule has 0 atom stereocenters. The molecule has 136 valence electrons. The van der Waals surface area contributed by atoms with Gasteiger partial charge in [0.2, 0.25) is 10.0 Å². The minimum absolute atomic E-state index is 0.192. The molecular formula is C16H22N4O3S2. The van der Waals surface area contributed by atoms with E-state index in [0.29, 0.717) is 25.2 Å². The second-order valence-electron chi connectivity index (χ2n) is 5.85. The van der Waals surface area contributed by atoms with Crippen molar-refractivity contribution >= 4 is 33.3 Å². The summed E-state index contributed by atoms with van der Waals surface area (Å²) in [6, 6.07) is 5.84. The Kier molecular flexibility index (Phi) is 6.51. The Labute approximate surface area is 153 Å². The largest absolute Gasteiger partial charge is 0.358 e. The number of nitrogens with one attached hydrogen (secondary N) is 3. The maximum Gasteiger partial charge on any atom is 0.269 e. The number of thiocarbonyl (C=S) groups is 1. The molecule has 2 rings (SSSR count). The summed E-state index contributed by atoms with van der Waals surface area (Å²) in [6.45, 7) is 7.18. The molecule has 1 fully saturated rings.